The molecule has 114 valence electrons. The van der Waals surface area contributed by atoms with Crippen molar-refractivity contribution in [1.82, 2.24) is 16.0 Å². The number of urea groups is 1. The number of imide groups is 1. The minimum atomic E-state index is -1.22. The van der Waals surface area contributed by atoms with Crippen molar-refractivity contribution >= 4 is 23.8 Å². The minimum Gasteiger partial charge on any atom is -0.480 e. The van der Waals surface area contributed by atoms with Crippen LogP contribution < -0.4 is 16.0 Å². The first kappa shape index (κ1) is 17.8. The molecular formula is C11H19N3O6. The van der Waals surface area contributed by atoms with Crippen LogP contribution >= 0.6 is 0 Å². The third-order valence-electron chi connectivity index (χ3n) is 1.88. The Hall–Kier alpha value is -2.16. The van der Waals surface area contributed by atoms with E-state index in [4.69, 9.17) is 5.11 Å². The second-order valence-corrected chi connectivity index (χ2v) is 4.29. The van der Waals surface area contributed by atoms with Crippen LogP contribution in [0.4, 0.5) is 4.79 Å². The van der Waals surface area contributed by atoms with Crippen molar-refractivity contribution < 1.29 is 29.0 Å². The van der Waals surface area contributed by atoms with Crippen LogP contribution in [0.3, 0.4) is 0 Å². The third kappa shape index (κ3) is 8.86. The van der Waals surface area contributed by atoms with Crippen LogP contribution in [0.5, 0.6) is 0 Å². The van der Waals surface area contributed by atoms with E-state index in [1.54, 1.807) is 13.8 Å². The summed E-state index contributed by atoms with van der Waals surface area (Å²) >= 11 is 0. The van der Waals surface area contributed by atoms with Crippen LogP contribution in [-0.4, -0.2) is 54.2 Å². The number of carbonyl (C=O) groups excluding carboxylic acids is 3. The SMILES string of the molecule is CC(C)NC(=O)C(C)NC(=O)NC(=O)COCC(=O)O. The van der Waals surface area contributed by atoms with Crippen molar-refractivity contribution in [1.29, 1.82) is 0 Å². The van der Waals surface area contributed by atoms with Gasteiger partial charge in [0.2, 0.25) is 5.91 Å². The third-order valence-corrected chi connectivity index (χ3v) is 1.88. The standard InChI is InChI=1S/C11H19N3O6/c1-6(2)12-10(18)7(3)13-11(19)14-8(15)4-20-5-9(16)17/h6-7H,4-5H2,1-3H3,(H,12,18)(H,16,17)(H2,13,14,15,19). The van der Waals surface area contributed by atoms with Gasteiger partial charge in [0.05, 0.1) is 0 Å². The van der Waals surface area contributed by atoms with Crippen LogP contribution in [0, 0.1) is 0 Å². The normalized spacial score (nSPS) is 11.6. The first-order valence-corrected chi connectivity index (χ1v) is 5.92. The van der Waals surface area contributed by atoms with Crippen molar-refractivity contribution in [2.24, 2.45) is 0 Å². The van der Waals surface area contributed by atoms with E-state index in [1.807, 2.05) is 5.32 Å². The molecule has 0 radical (unpaired) electrons. The number of hydrogen-bond acceptors (Lipinski definition) is 5. The first-order valence-electron chi connectivity index (χ1n) is 5.92. The number of nitrogens with one attached hydrogen (secondary N) is 3. The van der Waals surface area contributed by atoms with Gasteiger partial charge in [-0.05, 0) is 20.8 Å². The Balaban J connectivity index is 4.00. The van der Waals surface area contributed by atoms with E-state index in [1.165, 1.54) is 6.92 Å². The Morgan fingerprint density at radius 3 is 2.15 bits per heavy atom. The zero-order chi connectivity index (χ0) is 15.7. The Kier molecular flexibility index (Phi) is 7.90. The lowest BCUT2D eigenvalue weighted by molar-refractivity contribution is -0.143. The van der Waals surface area contributed by atoms with Crippen molar-refractivity contribution in [2.75, 3.05) is 13.2 Å². The summed E-state index contributed by atoms with van der Waals surface area (Å²) in [5.74, 6) is -2.41. The van der Waals surface area contributed by atoms with Gasteiger partial charge in [-0.3, -0.25) is 14.9 Å². The topological polar surface area (TPSA) is 134 Å². The van der Waals surface area contributed by atoms with E-state index in [9.17, 15) is 19.2 Å². The Morgan fingerprint density at radius 1 is 1.05 bits per heavy atom. The molecule has 1 unspecified atom stereocenters. The number of aliphatic carboxylic acids is 1. The number of carboxylic acid groups (broad SMARTS) is 1. The largest absolute Gasteiger partial charge is 0.480 e. The van der Waals surface area contributed by atoms with Gasteiger partial charge in [0.1, 0.15) is 19.3 Å². The molecule has 0 rings (SSSR count). The van der Waals surface area contributed by atoms with Gasteiger partial charge in [-0.25, -0.2) is 9.59 Å². The Morgan fingerprint density at radius 2 is 1.65 bits per heavy atom. The predicted molar refractivity (Wildman–Crippen MR) is 67.9 cm³/mol. The monoisotopic (exact) mass is 289 g/mol. The molecule has 0 saturated heterocycles. The molecule has 0 bridgehead atoms. The molecular weight excluding hydrogens is 270 g/mol. The molecule has 0 aliphatic carbocycles. The lowest BCUT2D eigenvalue weighted by Gasteiger charge is -2.16. The second-order valence-electron chi connectivity index (χ2n) is 4.29. The van der Waals surface area contributed by atoms with Gasteiger partial charge in [-0.15, -0.1) is 0 Å². The van der Waals surface area contributed by atoms with E-state index < -0.39 is 37.2 Å². The summed E-state index contributed by atoms with van der Waals surface area (Å²) in [6.45, 7) is 3.80. The summed E-state index contributed by atoms with van der Waals surface area (Å²) < 4.78 is 4.49. The summed E-state index contributed by atoms with van der Waals surface area (Å²) in [7, 11) is 0. The second kappa shape index (κ2) is 8.86. The molecule has 0 aromatic heterocycles. The van der Waals surface area contributed by atoms with Gasteiger partial charge in [0, 0.05) is 6.04 Å². The molecule has 0 fully saturated rings. The summed E-state index contributed by atoms with van der Waals surface area (Å²) in [4.78, 5) is 44.2. The van der Waals surface area contributed by atoms with Crippen molar-refractivity contribution in [3.8, 4) is 0 Å². The molecule has 0 aliphatic rings. The van der Waals surface area contributed by atoms with Gasteiger partial charge in [-0.1, -0.05) is 0 Å². The fourth-order valence-corrected chi connectivity index (χ4v) is 1.10. The van der Waals surface area contributed by atoms with Crippen molar-refractivity contribution in [3.63, 3.8) is 0 Å². The molecule has 9 nitrogen and oxygen atoms in total. The number of amides is 4. The van der Waals surface area contributed by atoms with Crippen molar-refractivity contribution in [3.05, 3.63) is 0 Å². The molecule has 0 spiro atoms. The molecule has 0 aromatic rings. The Labute approximate surface area is 116 Å². The number of carbonyl (C=O) groups is 4. The minimum absolute atomic E-state index is 0.0686. The van der Waals surface area contributed by atoms with Gasteiger partial charge in [-0.2, -0.15) is 0 Å². The smallest absolute Gasteiger partial charge is 0.329 e. The van der Waals surface area contributed by atoms with Gasteiger partial charge in [0.15, 0.2) is 0 Å². The van der Waals surface area contributed by atoms with E-state index >= 15 is 0 Å². The molecule has 4 N–H and O–H groups in total. The number of ether oxygens (including phenoxy) is 1. The molecule has 0 aliphatic heterocycles. The van der Waals surface area contributed by atoms with Crippen LogP contribution in [0.2, 0.25) is 0 Å². The molecule has 0 aromatic carbocycles. The van der Waals surface area contributed by atoms with Crippen LogP contribution in [-0.2, 0) is 19.1 Å². The zero-order valence-electron chi connectivity index (χ0n) is 11.6. The maximum atomic E-state index is 11.5. The highest BCUT2D eigenvalue weighted by molar-refractivity contribution is 5.96. The average molecular weight is 289 g/mol. The predicted octanol–water partition coefficient (Wildman–Crippen LogP) is -1.17. The average Bonchev–Trinajstić information content (AvgIpc) is 2.26. The van der Waals surface area contributed by atoms with Gasteiger partial charge < -0.3 is 20.5 Å². The molecule has 20 heavy (non-hydrogen) atoms. The van der Waals surface area contributed by atoms with E-state index in [0.717, 1.165) is 0 Å². The number of rotatable bonds is 7. The van der Waals surface area contributed by atoms with E-state index in [-0.39, 0.29) is 11.9 Å². The highest BCUT2D eigenvalue weighted by Crippen LogP contribution is 1.86. The quantitative estimate of drug-likeness (QED) is 0.466. The maximum Gasteiger partial charge on any atom is 0.329 e. The summed E-state index contributed by atoms with van der Waals surface area (Å²) in [6, 6.07) is -1.74. The van der Waals surface area contributed by atoms with Crippen LogP contribution in [0.25, 0.3) is 0 Å². The fraction of sp³-hybridized carbons (Fsp3) is 0.636. The molecule has 0 saturated carbocycles. The van der Waals surface area contributed by atoms with E-state index in [0.29, 0.717) is 0 Å². The number of hydrogen-bond donors (Lipinski definition) is 4. The summed E-state index contributed by atoms with van der Waals surface area (Å²) in [5, 5.41) is 15.0. The Bertz CT molecular complexity index is 382. The van der Waals surface area contributed by atoms with E-state index in [2.05, 4.69) is 15.4 Å². The molecule has 4 amide bonds. The molecule has 0 heterocycles. The number of carboxylic acids is 1. The molecule has 1 atom stereocenters. The lowest BCUT2D eigenvalue weighted by atomic mass is 10.3. The summed E-state index contributed by atoms with van der Waals surface area (Å²) in [6.07, 6.45) is 0. The highest BCUT2D eigenvalue weighted by Gasteiger charge is 2.17. The van der Waals surface area contributed by atoms with Crippen molar-refractivity contribution in [2.45, 2.75) is 32.9 Å². The highest BCUT2D eigenvalue weighted by atomic mass is 16.5. The summed E-state index contributed by atoms with van der Waals surface area (Å²) in [5.41, 5.74) is 0. The fourth-order valence-electron chi connectivity index (χ4n) is 1.10. The first-order chi connectivity index (χ1) is 9.22. The zero-order valence-corrected chi connectivity index (χ0v) is 11.6. The molecule has 9 heteroatoms. The van der Waals surface area contributed by atoms with Gasteiger partial charge >= 0.3 is 12.0 Å². The van der Waals surface area contributed by atoms with Crippen LogP contribution in [0.15, 0.2) is 0 Å². The maximum absolute atomic E-state index is 11.5. The lowest BCUT2D eigenvalue weighted by Crippen LogP contribution is -2.51. The van der Waals surface area contributed by atoms with Crippen LogP contribution in [0.1, 0.15) is 20.8 Å². The van der Waals surface area contributed by atoms with Gasteiger partial charge in [0.25, 0.3) is 5.91 Å².